The van der Waals surface area contributed by atoms with Gasteiger partial charge < -0.3 is 4.74 Å². The number of hydrogen-bond acceptors (Lipinski definition) is 3. The molecule has 1 aromatic heterocycles. The minimum Gasteiger partial charge on any atom is -0.458 e. The number of aromatic nitrogens is 2. The van der Waals surface area contributed by atoms with Gasteiger partial charge in [-0.3, -0.25) is 5.10 Å². The van der Waals surface area contributed by atoms with Crippen molar-refractivity contribution >= 4 is 5.97 Å². The summed E-state index contributed by atoms with van der Waals surface area (Å²) in [6.07, 6.45) is 6.00. The van der Waals surface area contributed by atoms with Crippen LogP contribution in [0.15, 0.2) is 12.3 Å². The topological polar surface area (TPSA) is 55.0 Å². The van der Waals surface area contributed by atoms with E-state index in [9.17, 15) is 4.79 Å². The van der Waals surface area contributed by atoms with Crippen molar-refractivity contribution in [3.63, 3.8) is 0 Å². The Bertz CT molecular complexity index is 276. The third kappa shape index (κ3) is 1.88. The molecule has 1 heterocycles. The number of hydrogen-bond donors (Lipinski definition) is 1. The third-order valence-corrected chi connectivity index (χ3v) is 2.30. The Labute approximate surface area is 76.3 Å². The standard InChI is InChI=1S/C9H12N2O2/c12-9(8-5-6-10-11-8)13-7-3-1-2-4-7/h5-7H,1-4H2,(H,10,11). The number of nitrogens with zero attached hydrogens (tertiary/aromatic N) is 1. The molecular formula is C9H12N2O2. The van der Waals surface area contributed by atoms with Crippen molar-refractivity contribution in [3.05, 3.63) is 18.0 Å². The van der Waals surface area contributed by atoms with E-state index in [1.54, 1.807) is 12.3 Å². The van der Waals surface area contributed by atoms with Crippen LogP contribution in [0.1, 0.15) is 36.2 Å². The highest BCUT2D eigenvalue weighted by Gasteiger charge is 2.20. The van der Waals surface area contributed by atoms with E-state index in [0.717, 1.165) is 12.8 Å². The van der Waals surface area contributed by atoms with Gasteiger partial charge in [-0.15, -0.1) is 0 Å². The molecule has 1 aliphatic carbocycles. The quantitative estimate of drug-likeness (QED) is 0.702. The molecule has 1 aromatic rings. The van der Waals surface area contributed by atoms with E-state index < -0.39 is 0 Å². The van der Waals surface area contributed by atoms with E-state index in [-0.39, 0.29) is 12.1 Å². The molecule has 0 unspecified atom stereocenters. The Hall–Kier alpha value is -1.32. The molecule has 0 atom stereocenters. The molecule has 70 valence electrons. The molecule has 1 saturated carbocycles. The highest BCUT2D eigenvalue weighted by Crippen LogP contribution is 2.21. The predicted octanol–water partition coefficient (Wildman–Crippen LogP) is 1.51. The Morgan fingerprint density at radius 2 is 2.31 bits per heavy atom. The van der Waals surface area contributed by atoms with E-state index in [0.29, 0.717) is 5.69 Å². The summed E-state index contributed by atoms with van der Waals surface area (Å²) in [6.45, 7) is 0. The number of esters is 1. The van der Waals surface area contributed by atoms with E-state index in [1.807, 2.05) is 0 Å². The minimum atomic E-state index is -0.288. The minimum absolute atomic E-state index is 0.121. The first-order valence-electron chi connectivity index (χ1n) is 4.56. The van der Waals surface area contributed by atoms with Gasteiger partial charge >= 0.3 is 5.97 Å². The number of carbonyl (C=O) groups excluding carboxylic acids is 1. The third-order valence-electron chi connectivity index (χ3n) is 2.30. The zero-order valence-electron chi connectivity index (χ0n) is 7.32. The Morgan fingerprint density at radius 1 is 1.54 bits per heavy atom. The van der Waals surface area contributed by atoms with Gasteiger partial charge in [0.25, 0.3) is 0 Å². The average molecular weight is 180 g/mol. The lowest BCUT2D eigenvalue weighted by molar-refractivity contribution is 0.0311. The van der Waals surface area contributed by atoms with Gasteiger partial charge in [-0.25, -0.2) is 4.79 Å². The van der Waals surface area contributed by atoms with Gasteiger partial charge in [-0.2, -0.15) is 5.10 Å². The summed E-state index contributed by atoms with van der Waals surface area (Å²) in [5.41, 5.74) is 0.437. The first kappa shape index (κ1) is 8.29. The van der Waals surface area contributed by atoms with Gasteiger partial charge in [-0.05, 0) is 31.7 Å². The average Bonchev–Trinajstić information content (AvgIpc) is 2.74. The lowest BCUT2D eigenvalue weighted by Gasteiger charge is -2.09. The van der Waals surface area contributed by atoms with Gasteiger partial charge in [0.15, 0.2) is 0 Å². The number of carbonyl (C=O) groups is 1. The summed E-state index contributed by atoms with van der Waals surface area (Å²) < 4.78 is 5.25. The van der Waals surface area contributed by atoms with Crippen molar-refractivity contribution in [2.24, 2.45) is 0 Å². The lowest BCUT2D eigenvalue weighted by atomic mass is 10.3. The maximum atomic E-state index is 11.4. The fourth-order valence-electron chi connectivity index (χ4n) is 1.59. The fraction of sp³-hybridized carbons (Fsp3) is 0.556. The Morgan fingerprint density at radius 3 is 2.92 bits per heavy atom. The second-order valence-corrected chi connectivity index (χ2v) is 3.28. The van der Waals surface area contributed by atoms with Crippen molar-refractivity contribution in [2.45, 2.75) is 31.8 Å². The normalized spacial score (nSPS) is 17.5. The van der Waals surface area contributed by atoms with E-state index in [1.165, 1.54) is 12.8 Å². The summed E-state index contributed by atoms with van der Waals surface area (Å²) in [5, 5.41) is 6.28. The number of ether oxygens (including phenoxy) is 1. The van der Waals surface area contributed by atoms with Crippen LogP contribution in [0.3, 0.4) is 0 Å². The molecule has 0 spiro atoms. The zero-order chi connectivity index (χ0) is 9.10. The Kier molecular flexibility index (Phi) is 2.29. The van der Waals surface area contributed by atoms with E-state index in [2.05, 4.69) is 10.2 Å². The van der Waals surface area contributed by atoms with Crippen molar-refractivity contribution in [1.29, 1.82) is 0 Å². The first-order valence-corrected chi connectivity index (χ1v) is 4.56. The second-order valence-electron chi connectivity index (χ2n) is 3.28. The summed E-state index contributed by atoms with van der Waals surface area (Å²) in [7, 11) is 0. The molecule has 0 bridgehead atoms. The SMILES string of the molecule is O=C(OC1CCCC1)c1ccn[nH]1. The van der Waals surface area contributed by atoms with Crippen molar-refractivity contribution < 1.29 is 9.53 Å². The van der Waals surface area contributed by atoms with Crippen LogP contribution in [0.4, 0.5) is 0 Å². The van der Waals surface area contributed by atoms with Crippen LogP contribution in [0.5, 0.6) is 0 Å². The maximum absolute atomic E-state index is 11.4. The molecule has 4 nitrogen and oxygen atoms in total. The molecule has 13 heavy (non-hydrogen) atoms. The van der Waals surface area contributed by atoms with Crippen molar-refractivity contribution in [1.82, 2.24) is 10.2 Å². The molecule has 4 heteroatoms. The molecule has 1 aliphatic rings. The van der Waals surface area contributed by atoms with Crippen LogP contribution in [-0.4, -0.2) is 22.3 Å². The smallest absolute Gasteiger partial charge is 0.356 e. The highest BCUT2D eigenvalue weighted by atomic mass is 16.5. The monoisotopic (exact) mass is 180 g/mol. The number of rotatable bonds is 2. The van der Waals surface area contributed by atoms with Gasteiger partial charge in [0, 0.05) is 6.20 Å². The molecule has 2 rings (SSSR count). The summed E-state index contributed by atoms with van der Waals surface area (Å²) in [5.74, 6) is -0.288. The molecule has 1 fully saturated rings. The van der Waals surface area contributed by atoms with Crippen LogP contribution in [-0.2, 0) is 4.74 Å². The van der Waals surface area contributed by atoms with Crippen molar-refractivity contribution in [3.8, 4) is 0 Å². The van der Waals surface area contributed by atoms with E-state index in [4.69, 9.17) is 4.74 Å². The van der Waals surface area contributed by atoms with Gasteiger partial charge in [0.05, 0.1) is 0 Å². The number of nitrogens with one attached hydrogen (secondary N) is 1. The highest BCUT2D eigenvalue weighted by molar-refractivity contribution is 5.87. The van der Waals surface area contributed by atoms with Crippen LogP contribution in [0, 0.1) is 0 Å². The number of H-pyrrole nitrogens is 1. The molecule has 0 amide bonds. The van der Waals surface area contributed by atoms with Crippen LogP contribution < -0.4 is 0 Å². The molecule has 0 saturated heterocycles. The first-order chi connectivity index (χ1) is 6.36. The van der Waals surface area contributed by atoms with Crippen LogP contribution >= 0.6 is 0 Å². The molecular weight excluding hydrogens is 168 g/mol. The van der Waals surface area contributed by atoms with Crippen LogP contribution in [0.2, 0.25) is 0 Å². The molecule has 0 aliphatic heterocycles. The largest absolute Gasteiger partial charge is 0.458 e. The van der Waals surface area contributed by atoms with Crippen LogP contribution in [0.25, 0.3) is 0 Å². The summed E-state index contributed by atoms with van der Waals surface area (Å²) in [4.78, 5) is 11.4. The lowest BCUT2D eigenvalue weighted by Crippen LogP contribution is -2.14. The van der Waals surface area contributed by atoms with Crippen molar-refractivity contribution in [2.75, 3.05) is 0 Å². The molecule has 0 radical (unpaired) electrons. The van der Waals surface area contributed by atoms with E-state index >= 15 is 0 Å². The summed E-state index contributed by atoms with van der Waals surface area (Å²) in [6, 6.07) is 1.62. The number of aromatic amines is 1. The van der Waals surface area contributed by atoms with Gasteiger partial charge in [0.2, 0.25) is 0 Å². The summed E-state index contributed by atoms with van der Waals surface area (Å²) >= 11 is 0. The van der Waals surface area contributed by atoms with Gasteiger partial charge in [0.1, 0.15) is 11.8 Å². The molecule has 1 N–H and O–H groups in total. The predicted molar refractivity (Wildman–Crippen MR) is 46.3 cm³/mol. The second kappa shape index (κ2) is 3.60. The fourth-order valence-corrected chi connectivity index (χ4v) is 1.59. The molecule has 0 aromatic carbocycles. The maximum Gasteiger partial charge on any atom is 0.356 e. The zero-order valence-corrected chi connectivity index (χ0v) is 7.32. The Balaban J connectivity index is 1.91. The van der Waals surface area contributed by atoms with Gasteiger partial charge in [-0.1, -0.05) is 0 Å².